The molecule has 1 saturated carbocycles. The van der Waals surface area contributed by atoms with E-state index in [0.29, 0.717) is 5.92 Å². The summed E-state index contributed by atoms with van der Waals surface area (Å²) in [4.78, 5) is 0. The molecular formula is C10H17NO2S. The van der Waals surface area contributed by atoms with E-state index in [2.05, 4.69) is 12.0 Å². The highest BCUT2D eigenvalue weighted by molar-refractivity contribution is 7.88. The summed E-state index contributed by atoms with van der Waals surface area (Å²) in [7, 11) is -1.65. The van der Waals surface area contributed by atoms with Crippen molar-refractivity contribution < 1.29 is 8.42 Å². The molecule has 1 fully saturated rings. The highest BCUT2D eigenvalue weighted by Gasteiger charge is 2.11. The van der Waals surface area contributed by atoms with Crippen LogP contribution in [0.5, 0.6) is 0 Å². The Balaban J connectivity index is 2.53. The van der Waals surface area contributed by atoms with Crippen molar-refractivity contribution in [1.82, 2.24) is 4.31 Å². The molecule has 1 rings (SSSR count). The molecule has 0 aromatic heterocycles. The van der Waals surface area contributed by atoms with Gasteiger partial charge in [-0.3, -0.25) is 0 Å². The molecule has 0 saturated heterocycles. The van der Waals surface area contributed by atoms with Crippen LogP contribution in [0.25, 0.3) is 0 Å². The lowest BCUT2D eigenvalue weighted by Gasteiger charge is -2.16. The van der Waals surface area contributed by atoms with Gasteiger partial charge in [-0.15, -0.1) is 0 Å². The molecule has 0 unspecified atom stereocenters. The standard InChI is InChI=1S/C10H17NO2S/c1-11(14(2,12)13)9-8-10-6-4-3-5-7-10/h10H,3-7H2,1-2H3. The van der Waals surface area contributed by atoms with E-state index in [9.17, 15) is 8.42 Å². The summed E-state index contributed by atoms with van der Waals surface area (Å²) in [6.45, 7) is 0. The van der Waals surface area contributed by atoms with Crippen molar-refractivity contribution >= 4 is 10.0 Å². The molecule has 1 aliphatic carbocycles. The molecule has 0 bridgehead atoms. The van der Waals surface area contributed by atoms with E-state index in [-0.39, 0.29) is 0 Å². The number of nitrogens with zero attached hydrogens (tertiary/aromatic N) is 1. The smallest absolute Gasteiger partial charge is 0.232 e. The van der Waals surface area contributed by atoms with Gasteiger partial charge in [-0.25, -0.2) is 12.7 Å². The van der Waals surface area contributed by atoms with Crippen molar-refractivity contribution in [1.29, 1.82) is 0 Å². The third kappa shape index (κ3) is 3.59. The summed E-state index contributed by atoms with van der Waals surface area (Å²) < 4.78 is 23.2. The molecular weight excluding hydrogens is 198 g/mol. The van der Waals surface area contributed by atoms with Gasteiger partial charge in [-0.05, 0) is 12.8 Å². The van der Waals surface area contributed by atoms with Crippen molar-refractivity contribution in [2.45, 2.75) is 32.1 Å². The fourth-order valence-corrected chi connectivity index (χ4v) is 1.73. The van der Waals surface area contributed by atoms with Crippen LogP contribution in [0.15, 0.2) is 0 Å². The Morgan fingerprint density at radius 3 is 2.29 bits per heavy atom. The third-order valence-corrected chi connectivity index (χ3v) is 3.61. The first-order chi connectivity index (χ1) is 6.50. The SMILES string of the molecule is CN(C#CC1CCCCC1)S(C)(=O)=O. The van der Waals surface area contributed by atoms with Crippen LogP contribution in [0, 0.1) is 17.9 Å². The van der Waals surface area contributed by atoms with Crippen LogP contribution in [0.3, 0.4) is 0 Å². The molecule has 0 spiro atoms. The zero-order valence-electron chi connectivity index (χ0n) is 8.78. The highest BCUT2D eigenvalue weighted by atomic mass is 32.2. The second-order valence-corrected chi connectivity index (χ2v) is 5.84. The van der Waals surface area contributed by atoms with Gasteiger partial charge in [0, 0.05) is 19.0 Å². The van der Waals surface area contributed by atoms with E-state index in [1.54, 1.807) is 0 Å². The number of hydrogen-bond donors (Lipinski definition) is 0. The largest absolute Gasteiger partial charge is 0.238 e. The lowest BCUT2D eigenvalue weighted by atomic mass is 9.90. The monoisotopic (exact) mass is 215 g/mol. The molecule has 1 aliphatic rings. The highest BCUT2D eigenvalue weighted by Crippen LogP contribution is 2.22. The zero-order valence-corrected chi connectivity index (χ0v) is 9.60. The lowest BCUT2D eigenvalue weighted by molar-refractivity contribution is 0.429. The molecule has 0 N–H and O–H groups in total. The summed E-state index contributed by atoms with van der Waals surface area (Å²) in [6, 6.07) is 2.69. The maximum atomic E-state index is 11.0. The third-order valence-electron chi connectivity index (χ3n) is 2.53. The van der Waals surface area contributed by atoms with Gasteiger partial charge in [0.05, 0.1) is 6.26 Å². The fraction of sp³-hybridized carbons (Fsp3) is 0.800. The molecule has 0 aromatic carbocycles. The van der Waals surface area contributed by atoms with Crippen LogP contribution in [0.1, 0.15) is 32.1 Å². The van der Waals surface area contributed by atoms with E-state index in [0.717, 1.165) is 17.1 Å². The summed E-state index contributed by atoms with van der Waals surface area (Å²) >= 11 is 0. The zero-order chi connectivity index (χ0) is 10.6. The van der Waals surface area contributed by atoms with Gasteiger partial charge >= 0.3 is 0 Å². The van der Waals surface area contributed by atoms with Crippen LogP contribution in [-0.4, -0.2) is 26.0 Å². The Morgan fingerprint density at radius 1 is 1.21 bits per heavy atom. The average molecular weight is 215 g/mol. The molecule has 4 heteroatoms. The number of sulfonamides is 1. The normalized spacial score (nSPS) is 18.4. The second kappa shape index (κ2) is 4.70. The Kier molecular flexibility index (Phi) is 3.82. The van der Waals surface area contributed by atoms with Crippen molar-refractivity contribution in [2.75, 3.05) is 13.3 Å². The van der Waals surface area contributed by atoms with E-state index < -0.39 is 10.0 Å². The predicted molar refractivity (Wildman–Crippen MR) is 57.0 cm³/mol. The topological polar surface area (TPSA) is 37.4 Å². The summed E-state index contributed by atoms with van der Waals surface area (Å²) in [5.74, 6) is 3.42. The lowest BCUT2D eigenvalue weighted by Crippen LogP contribution is -2.20. The number of rotatable bonds is 1. The Hall–Kier alpha value is -0.690. The quantitative estimate of drug-likeness (QED) is 0.490. The van der Waals surface area contributed by atoms with Gasteiger partial charge in [0.25, 0.3) is 0 Å². The second-order valence-electron chi connectivity index (χ2n) is 3.82. The molecule has 0 radical (unpaired) electrons. The Bertz CT molecular complexity index is 331. The van der Waals surface area contributed by atoms with Crippen molar-refractivity contribution in [3.05, 3.63) is 0 Å². The minimum absolute atomic E-state index is 0.396. The van der Waals surface area contributed by atoms with Crippen LogP contribution in [0.4, 0.5) is 0 Å². The summed E-state index contributed by atoms with van der Waals surface area (Å²) in [5.41, 5.74) is 0. The molecule has 0 aromatic rings. The first kappa shape index (κ1) is 11.4. The molecule has 0 heterocycles. The van der Waals surface area contributed by atoms with Crippen LogP contribution in [-0.2, 0) is 10.0 Å². The molecule has 0 amide bonds. The fourth-order valence-electron chi connectivity index (χ4n) is 1.51. The first-order valence-corrected chi connectivity index (χ1v) is 6.80. The molecule has 3 nitrogen and oxygen atoms in total. The summed E-state index contributed by atoms with van der Waals surface area (Å²) in [6.07, 6.45) is 7.14. The average Bonchev–Trinajstić information content (AvgIpc) is 2.14. The van der Waals surface area contributed by atoms with Crippen LogP contribution in [0.2, 0.25) is 0 Å². The first-order valence-electron chi connectivity index (χ1n) is 4.95. The van der Waals surface area contributed by atoms with Gasteiger partial charge in [-0.2, -0.15) is 0 Å². The van der Waals surface area contributed by atoms with Gasteiger partial charge in [0.2, 0.25) is 10.0 Å². The van der Waals surface area contributed by atoms with Crippen LogP contribution >= 0.6 is 0 Å². The van der Waals surface area contributed by atoms with Gasteiger partial charge in [-0.1, -0.05) is 25.2 Å². The number of hydrogen-bond acceptors (Lipinski definition) is 2. The Labute approximate surface area is 86.5 Å². The predicted octanol–water partition coefficient (Wildman–Crippen LogP) is 1.42. The molecule has 0 aliphatic heterocycles. The maximum Gasteiger partial charge on any atom is 0.238 e. The van der Waals surface area contributed by atoms with E-state index in [1.165, 1.54) is 32.6 Å². The van der Waals surface area contributed by atoms with Crippen molar-refractivity contribution in [2.24, 2.45) is 5.92 Å². The Morgan fingerprint density at radius 2 is 1.79 bits per heavy atom. The minimum Gasteiger partial charge on any atom is -0.232 e. The van der Waals surface area contributed by atoms with Gasteiger partial charge in [0.15, 0.2) is 0 Å². The van der Waals surface area contributed by atoms with E-state index in [1.807, 2.05) is 0 Å². The molecule has 14 heavy (non-hydrogen) atoms. The maximum absolute atomic E-state index is 11.0. The van der Waals surface area contributed by atoms with Crippen molar-refractivity contribution in [3.63, 3.8) is 0 Å². The van der Waals surface area contributed by atoms with E-state index >= 15 is 0 Å². The van der Waals surface area contributed by atoms with Gasteiger partial charge < -0.3 is 0 Å². The van der Waals surface area contributed by atoms with E-state index in [4.69, 9.17) is 0 Å². The molecule has 80 valence electrons. The molecule has 0 atom stereocenters. The minimum atomic E-state index is -3.14. The van der Waals surface area contributed by atoms with Crippen LogP contribution < -0.4 is 0 Å². The summed E-state index contributed by atoms with van der Waals surface area (Å²) in [5, 5.41) is 0. The van der Waals surface area contributed by atoms with Gasteiger partial charge in [0.1, 0.15) is 0 Å². The van der Waals surface area contributed by atoms with Crippen molar-refractivity contribution in [3.8, 4) is 12.0 Å².